The van der Waals surface area contributed by atoms with E-state index in [4.69, 9.17) is 22.1 Å². The van der Waals surface area contributed by atoms with Crippen LogP contribution in [0.2, 0.25) is 5.15 Å². The number of benzene rings is 1. The van der Waals surface area contributed by atoms with Crippen molar-refractivity contribution in [1.82, 2.24) is 14.9 Å². The second kappa shape index (κ2) is 7.35. The molecule has 0 atom stereocenters. The molecule has 2 heterocycles. The number of piperazine rings is 1. The molecule has 1 aliphatic rings. The summed E-state index contributed by atoms with van der Waals surface area (Å²) in [5.74, 6) is 0.812. The highest BCUT2D eigenvalue weighted by Gasteiger charge is 2.24. The minimum absolute atomic E-state index is 0.272. The smallest absolute Gasteiger partial charge is 0.410 e. The Hall–Kier alpha value is -2.54. The molecule has 8 heteroatoms. The highest BCUT2D eigenvalue weighted by atomic mass is 35.5. The van der Waals surface area contributed by atoms with Crippen molar-refractivity contribution in [3.05, 3.63) is 47.1 Å². The summed E-state index contributed by atoms with van der Waals surface area (Å²) in [5, 5.41) is 0.308. The third-order valence-electron chi connectivity index (χ3n) is 3.73. The second-order valence-electron chi connectivity index (χ2n) is 5.43. The van der Waals surface area contributed by atoms with Gasteiger partial charge in [-0.25, -0.2) is 9.78 Å². The van der Waals surface area contributed by atoms with Crippen molar-refractivity contribution in [3.63, 3.8) is 0 Å². The van der Waals surface area contributed by atoms with E-state index in [1.54, 1.807) is 4.90 Å². The first-order valence-electron chi connectivity index (χ1n) is 7.62. The molecule has 24 heavy (non-hydrogen) atoms. The minimum Gasteiger partial charge on any atom is -0.445 e. The number of nitrogen functional groups attached to an aromatic ring is 1. The van der Waals surface area contributed by atoms with E-state index in [0.29, 0.717) is 43.1 Å². The summed E-state index contributed by atoms with van der Waals surface area (Å²) in [6, 6.07) is 11.1. The molecule has 126 valence electrons. The van der Waals surface area contributed by atoms with Gasteiger partial charge in [0.15, 0.2) is 0 Å². The maximum Gasteiger partial charge on any atom is 0.410 e. The number of halogens is 1. The molecular formula is C16H18ClN5O2. The molecule has 1 fully saturated rings. The zero-order chi connectivity index (χ0) is 16.9. The van der Waals surface area contributed by atoms with E-state index in [-0.39, 0.29) is 12.7 Å². The molecule has 0 radical (unpaired) electrons. The number of aromatic nitrogens is 2. The second-order valence-corrected chi connectivity index (χ2v) is 5.82. The molecule has 0 saturated carbocycles. The van der Waals surface area contributed by atoms with Crippen LogP contribution in [0.1, 0.15) is 5.56 Å². The van der Waals surface area contributed by atoms with Gasteiger partial charge in [0.1, 0.15) is 17.6 Å². The first-order valence-corrected chi connectivity index (χ1v) is 8.00. The van der Waals surface area contributed by atoms with Gasteiger partial charge in [0, 0.05) is 32.2 Å². The van der Waals surface area contributed by atoms with Crippen LogP contribution in [-0.4, -0.2) is 47.1 Å². The van der Waals surface area contributed by atoms with Gasteiger partial charge in [0.25, 0.3) is 0 Å². The monoisotopic (exact) mass is 347 g/mol. The van der Waals surface area contributed by atoms with Gasteiger partial charge < -0.3 is 20.3 Å². The molecule has 3 rings (SSSR count). The number of hydrogen-bond acceptors (Lipinski definition) is 6. The summed E-state index contributed by atoms with van der Waals surface area (Å²) < 4.78 is 5.34. The molecule has 1 amide bonds. The average Bonchev–Trinajstić information content (AvgIpc) is 2.60. The minimum atomic E-state index is -0.315. The Balaban J connectivity index is 1.52. The lowest BCUT2D eigenvalue weighted by Gasteiger charge is -2.34. The van der Waals surface area contributed by atoms with Crippen LogP contribution in [0.15, 0.2) is 36.4 Å². The Morgan fingerprint density at radius 3 is 2.54 bits per heavy atom. The molecular weight excluding hydrogens is 330 g/mol. The molecule has 1 aliphatic heterocycles. The van der Waals surface area contributed by atoms with Gasteiger partial charge in [-0.15, -0.1) is 0 Å². The lowest BCUT2D eigenvalue weighted by Crippen LogP contribution is -2.49. The van der Waals surface area contributed by atoms with Crippen LogP contribution in [0.3, 0.4) is 0 Å². The molecule has 1 aromatic carbocycles. The van der Waals surface area contributed by atoms with Gasteiger partial charge in [0.05, 0.1) is 0 Å². The highest BCUT2D eigenvalue weighted by Crippen LogP contribution is 2.17. The summed E-state index contributed by atoms with van der Waals surface area (Å²) in [4.78, 5) is 24.1. The molecule has 2 aromatic rings. The predicted molar refractivity (Wildman–Crippen MR) is 91.9 cm³/mol. The van der Waals surface area contributed by atoms with Crippen LogP contribution in [0.25, 0.3) is 0 Å². The van der Waals surface area contributed by atoms with E-state index < -0.39 is 0 Å². The van der Waals surface area contributed by atoms with Crippen molar-refractivity contribution >= 4 is 29.5 Å². The number of ether oxygens (including phenoxy) is 1. The van der Waals surface area contributed by atoms with Crippen LogP contribution in [-0.2, 0) is 11.3 Å². The molecule has 0 aliphatic carbocycles. The van der Waals surface area contributed by atoms with E-state index >= 15 is 0 Å². The molecule has 1 saturated heterocycles. The zero-order valence-corrected chi connectivity index (χ0v) is 13.8. The van der Waals surface area contributed by atoms with Crippen molar-refractivity contribution in [2.24, 2.45) is 0 Å². The molecule has 0 unspecified atom stereocenters. The van der Waals surface area contributed by atoms with Crippen LogP contribution < -0.4 is 10.6 Å². The SMILES string of the molecule is Nc1cc(Cl)nc(N2CCN(C(=O)OCc3ccccc3)CC2)n1. The molecule has 0 spiro atoms. The van der Waals surface area contributed by atoms with Crippen molar-refractivity contribution in [3.8, 4) is 0 Å². The van der Waals surface area contributed by atoms with Gasteiger partial charge in [0.2, 0.25) is 5.95 Å². The molecule has 7 nitrogen and oxygen atoms in total. The Morgan fingerprint density at radius 1 is 1.17 bits per heavy atom. The number of nitrogens with two attached hydrogens (primary N) is 1. The standard InChI is InChI=1S/C16H18ClN5O2/c17-13-10-14(18)20-15(19-13)21-6-8-22(9-7-21)16(23)24-11-12-4-2-1-3-5-12/h1-5,10H,6-9,11H2,(H2,18,19,20). The van der Waals surface area contributed by atoms with E-state index in [1.807, 2.05) is 35.2 Å². The Labute approximate surface area is 145 Å². The van der Waals surface area contributed by atoms with Gasteiger partial charge in [-0.2, -0.15) is 4.98 Å². The third-order valence-corrected chi connectivity index (χ3v) is 3.92. The van der Waals surface area contributed by atoms with Crippen LogP contribution in [0.4, 0.5) is 16.6 Å². The van der Waals surface area contributed by atoms with Crippen LogP contribution in [0, 0.1) is 0 Å². The van der Waals surface area contributed by atoms with E-state index in [2.05, 4.69) is 9.97 Å². The fourth-order valence-corrected chi connectivity index (χ4v) is 2.65. The van der Waals surface area contributed by atoms with E-state index in [1.165, 1.54) is 6.07 Å². The number of amides is 1. The molecule has 2 N–H and O–H groups in total. The Bertz CT molecular complexity index is 685. The maximum atomic E-state index is 12.1. The number of hydrogen-bond donors (Lipinski definition) is 1. The number of anilines is 2. The van der Waals surface area contributed by atoms with Crippen LogP contribution in [0.5, 0.6) is 0 Å². The Kier molecular flexibility index (Phi) is 5.00. The average molecular weight is 348 g/mol. The fraction of sp³-hybridized carbons (Fsp3) is 0.312. The fourth-order valence-electron chi connectivity index (χ4n) is 2.46. The normalized spacial score (nSPS) is 14.5. The summed E-state index contributed by atoms with van der Waals surface area (Å²) in [6.45, 7) is 2.53. The summed E-state index contributed by atoms with van der Waals surface area (Å²) in [6.07, 6.45) is -0.315. The van der Waals surface area contributed by atoms with Crippen molar-refractivity contribution in [2.75, 3.05) is 36.8 Å². The van der Waals surface area contributed by atoms with Gasteiger partial charge in [-0.3, -0.25) is 0 Å². The number of carbonyl (C=O) groups is 1. The molecule has 0 bridgehead atoms. The Morgan fingerprint density at radius 2 is 1.88 bits per heavy atom. The van der Waals surface area contributed by atoms with E-state index in [9.17, 15) is 4.79 Å². The lowest BCUT2D eigenvalue weighted by atomic mass is 10.2. The first kappa shape index (κ1) is 16.3. The lowest BCUT2D eigenvalue weighted by molar-refractivity contribution is 0.0941. The third kappa shape index (κ3) is 4.05. The largest absolute Gasteiger partial charge is 0.445 e. The van der Waals surface area contributed by atoms with Crippen molar-refractivity contribution in [1.29, 1.82) is 0 Å². The summed E-state index contributed by atoms with van der Waals surface area (Å²) >= 11 is 5.91. The maximum absolute atomic E-state index is 12.1. The van der Waals surface area contributed by atoms with Gasteiger partial charge in [-0.1, -0.05) is 41.9 Å². The van der Waals surface area contributed by atoms with Gasteiger partial charge >= 0.3 is 6.09 Å². The van der Waals surface area contributed by atoms with E-state index in [0.717, 1.165) is 5.56 Å². The van der Waals surface area contributed by atoms with Crippen molar-refractivity contribution < 1.29 is 9.53 Å². The quantitative estimate of drug-likeness (QED) is 0.856. The topological polar surface area (TPSA) is 84.6 Å². The van der Waals surface area contributed by atoms with Gasteiger partial charge in [-0.05, 0) is 5.56 Å². The predicted octanol–water partition coefficient (Wildman–Crippen LogP) is 2.17. The van der Waals surface area contributed by atoms with Crippen LogP contribution >= 0.6 is 11.6 Å². The highest BCUT2D eigenvalue weighted by molar-refractivity contribution is 6.29. The van der Waals surface area contributed by atoms with Crippen molar-refractivity contribution in [2.45, 2.75) is 6.61 Å². The zero-order valence-electron chi connectivity index (χ0n) is 13.1. The number of carbonyl (C=O) groups excluding carboxylic acids is 1. The first-order chi connectivity index (χ1) is 11.6. The number of nitrogens with zero attached hydrogens (tertiary/aromatic N) is 4. The summed E-state index contributed by atoms with van der Waals surface area (Å²) in [7, 11) is 0. The number of rotatable bonds is 3. The summed E-state index contributed by atoms with van der Waals surface area (Å²) in [5.41, 5.74) is 6.65. The molecule has 1 aromatic heterocycles.